The minimum Gasteiger partial charge on any atom is -0.495 e. The molecule has 0 spiro atoms. The van der Waals surface area contributed by atoms with Crippen LogP contribution in [-0.2, 0) is 14.8 Å². The molecule has 0 radical (unpaired) electrons. The van der Waals surface area contributed by atoms with Gasteiger partial charge in [-0.2, -0.15) is 0 Å². The molecule has 7 nitrogen and oxygen atoms in total. The fourth-order valence-corrected chi connectivity index (χ4v) is 3.36. The van der Waals surface area contributed by atoms with Gasteiger partial charge in [-0.3, -0.25) is 10.0 Å². The molecule has 0 saturated carbocycles. The molecule has 0 bridgehead atoms. The van der Waals surface area contributed by atoms with E-state index < -0.39 is 16.1 Å². The number of carbonyl (C=O) groups is 1. The van der Waals surface area contributed by atoms with Crippen molar-refractivity contribution < 1.29 is 22.7 Å². The highest BCUT2D eigenvalue weighted by molar-refractivity contribution is 7.92. The lowest BCUT2D eigenvalue weighted by molar-refractivity contribution is 0.168. The van der Waals surface area contributed by atoms with Gasteiger partial charge in [0.25, 0.3) is 10.0 Å². The second-order valence-corrected chi connectivity index (χ2v) is 6.91. The molecule has 2 rings (SSSR count). The summed E-state index contributed by atoms with van der Waals surface area (Å²) in [6.45, 7) is 1.87. The minimum atomic E-state index is -3.95. The van der Waals surface area contributed by atoms with Gasteiger partial charge >= 0.3 is 6.09 Å². The first kappa shape index (κ1) is 18.9. The van der Waals surface area contributed by atoms with Gasteiger partial charge in [-0.25, -0.2) is 13.2 Å². The van der Waals surface area contributed by atoms with Crippen LogP contribution in [0.4, 0.5) is 16.2 Å². The van der Waals surface area contributed by atoms with E-state index >= 15 is 0 Å². The Bertz CT molecular complexity index is 853. The maximum absolute atomic E-state index is 12.7. The lowest BCUT2D eigenvalue weighted by Crippen LogP contribution is -2.16. The molecule has 1 amide bonds. The summed E-state index contributed by atoms with van der Waals surface area (Å²) in [6, 6.07) is 10.4. The number of amides is 1. The number of nitrogens with one attached hydrogen (secondary N) is 2. The molecule has 25 heavy (non-hydrogen) atoms. The summed E-state index contributed by atoms with van der Waals surface area (Å²) in [5.74, 6) is 0.135. The average Bonchev–Trinajstić information content (AvgIpc) is 2.57. The number of hydrogen-bond acceptors (Lipinski definition) is 5. The van der Waals surface area contributed by atoms with Crippen LogP contribution < -0.4 is 14.8 Å². The normalized spacial score (nSPS) is 10.8. The quantitative estimate of drug-likeness (QED) is 0.791. The van der Waals surface area contributed by atoms with Gasteiger partial charge in [-0.15, -0.1) is 0 Å². The molecule has 0 unspecified atom stereocenters. The van der Waals surface area contributed by atoms with Crippen molar-refractivity contribution in [3.05, 3.63) is 47.5 Å². The summed E-state index contributed by atoms with van der Waals surface area (Å²) in [5.41, 5.74) is 0.603. The average molecular weight is 385 g/mol. The molecule has 9 heteroatoms. The van der Waals surface area contributed by atoms with Crippen molar-refractivity contribution in [1.82, 2.24) is 0 Å². The van der Waals surface area contributed by atoms with Crippen molar-refractivity contribution in [2.75, 3.05) is 23.8 Å². The Kier molecular flexibility index (Phi) is 6.11. The van der Waals surface area contributed by atoms with E-state index in [1.165, 1.54) is 37.4 Å². The Balaban J connectivity index is 2.33. The summed E-state index contributed by atoms with van der Waals surface area (Å²) in [4.78, 5) is 11.4. The van der Waals surface area contributed by atoms with Crippen LogP contribution in [0, 0.1) is 0 Å². The zero-order chi connectivity index (χ0) is 18.4. The van der Waals surface area contributed by atoms with E-state index in [9.17, 15) is 13.2 Å². The standard InChI is InChI=1S/C16H17ClN2O5S/c1-3-24-16(20)18-13-8-9-14(23-2)15(10-13)25(21,22)19-12-6-4-11(17)5-7-12/h4-10,19H,3H2,1-2H3,(H,18,20). The van der Waals surface area contributed by atoms with Gasteiger partial charge in [0.2, 0.25) is 0 Å². The molecule has 0 heterocycles. The number of sulfonamides is 1. The van der Waals surface area contributed by atoms with Gasteiger partial charge in [0.1, 0.15) is 10.6 Å². The molecule has 2 N–H and O–H groups in total. The smallest absolute Gasteiger partial charge is 0.411 e. The molecule has 2 aromatic carbocycles. The monoisotopic (exact) mass is 384 g/mol. The largest absolute Gasteiger partial charge is 0.495 e. The highest BCUT2D eigenvalue weighted by Gasteiger charge is 2.21. The number of benzene rings is 2. The summed E-state index contributed by atoms with van der Waals surface area (Å²) in [5, 5.41) is 2.94. The summed E-state index contributed by atoms with van der Waals surface area (Å²) < 4.78 is 37.6. The molecular weight excluding hydrogens is 368 g/mol. The molecule has 0 atom stereocenters. The minimum absolute atomic E-state index is 0.126. The number of methoxy groups -OCH3 is 1. The Morgan fingerprint density at radius 1 is 1.12 bits per heavy atom. The molecule has 0 saturated heterocycles. The SMILES string of the molecule is CCOC(=O)Nc1ccc(OC)c(S(=O)(=O)Nc2ccc(Cl)cc2)c1. The molecule has 0 aliphatic rings. The lowest BCUT2D eigenvalue weighted by atomic mass is 10.3. The van der Waals surface area contributed by atoms with Crippen LogP contribution in [0.15, 0.2) is 47.4 Å². The molecule has 0 aliphatic carbocycles. The Labute approximate surface area is 151 Å². The topological polar surface area (TPSA) is 93.7 Å². The van der Waals surface area contributed by atoms with Crippen LogP contribution in [0.25, 0.3) is 0 Å². The zero-order valence-electron chi connectivity index (χ0n) is 13.6. The van der Waals surface area contributed by atoms with Crippen LogP contribution in [0.2, 0.25) is 5.02 Å². The molecule has 0 aromatic heterocycles. The van der Waals surface area contributed by atoms with Crippen molar-refractivity contribution in [2.24, 2.45) is 0 Å². The first-order valence-corrected chi connectivity index (χ1v) is 9.12. The number of ether oxygens (including phenoxy) is 2. The highest BCUT2D eigenvalue weighted by atomic mass is 35.5. The maximum atomic E-state index is 12.7. The lowest BCUT2D eigenvalue weighted by Gasteiger charge is -2.13. The Hall–Kier alpha value is -2.45. The highest BCUT2D eigenvalue weighted by Crippen LogP contribution is 2.29. The molecule has 0 aliphatic heterocycles. The zero-order valence-corrected chi connectivity index (χ0v) is 15.1. The van der Waals surface area contributed by atoms with Crippen molar-refractivity contribution in [3.8, 4) is 5.75 Å². The number of rotatable bonds is 6. The van der Waals surface area contributed by atoms with Gasteiger partial charge in [0, 0.05) is 16.4 Å². The van der Waals surface area contributed by atoms with Crippen LogP contribution in [0.5, 0.6) is 5.75 Å². The van der Waals surface area contributed by atoms with Crippen molar-refractivity contribution in [1.29, 1.82) is 0 Å². The maximum Gasteiger partial charge on any atom is 0.411 e. The van der Waals surface area contributed by atoms with E-state index in [0.29, 0.717) is 10.7 Å². The van der Waals surface area contributed by atoms with Gasteiger partial charge in [0.05, 0.1) is 13.7 Å². The van der Waals surface area contributed by atoms with Crippen molar-refractivity contribution >= 4 is 39.1 Å². The van der Waals surface area contributed by atoms with E-state index in [0.717, 1.165) is 0 Å². The predicted molar refractivity (Wildman–Crippen MR) is 95.9 cm³/mol. The first-order chi connectivity index (χ1) is 11.9. The molecule has 134 valence electrons. The third-order valence-electron chi connectivity index (χ3n) is 3.07. The fourth-order valence-electron chi connectivity index (χ4n) is 1.98. The van der Waals surface area contributed by atoms with Crippen molar-refractivity contribution in [2.45, 2.75) is 11.8 Å². The predicted octanol–water partition coefficient (Wildman–Crippen LogP) is 3.72. The van der Waals surface area contributed by atoms with Crippen LogP contribution in [-0.4, -0.2) is 28.2 Å². The van der Waals surface area contributed by atoms with Gasteiger partial charge in [-0.05, 0) is 49.4 Å². The van der Waals surface area contributed by atoms with Gasteiger partial charge < -0.3 is 9.47 Å². The van der Waals surface area contributed by atoms with E-state index in [2.05, 4.69) is 10.0 Å². The fraction of sp³-hybridized carbons (Fsp3) is 0.188. The number of carbonyl (C=O) groups excluding carboxylic acids is 1. The Morgan fingerprint density at radius 2 is 1.76 bits per heavy atom. The van der Waals surface area contributed by atoms with E-state index in [1.807, 2.05) is 0 Å². The molecule has 0 fully saturated rings. The number of anilines is 2. The van der Waals surface area contributed by atoms with Gasteiger partial charge in [-0.1, -0.05) is 11.6 Å². The van der Waals surface area contributed by atoms with E-state index in [1.54, 1.807) is 19.1 Å². The Morgan fingerprint density at radius 3 is 2.36 bits per heavy atom. The summed E-state index contributed by atoms with van der Waals surface area (Å²) >= 11 is 5.79. The third-order valence-corrected chi connectivity index (χ3v) is 4.73. The molecular formula is C16H17ClN2O5S. The van der Waals surface area contributed by atoms with E-state index in [-0.39, 0.29) is 22.9 Å². The van der Waals surface area contributed by atoms with Crippen molar-refractivity contribution in [3.63, 3.8) is 0 Å². The van der Waals surface area contributed by atoms with Gasteiger partial charge in [0.15, 0.2) is 0 Å². The third kappa shape index (κ3) is 5.01. The molecule has 2 aromatic rings. The summed E-state index contributed by atoms with van der Waals surface area (Å²) in [7, 11) is -2.59. The second kappa shape index (κ2) is 8.09. The van der Waals surface area contributed by atoms with Crippen LogP contribution in [0.3, 0.4) is 0 Å². The number of halogens is 1. The van der Waals surface area contributed by atoms with E-state index in [4.69, 9.17) is 21.1 Å². The first-order valence-electron chi connectivity index (χ1n) is 7.26. The second-order valence-electron chi connectivity index (χ2n) is 4.82. The number of hydrogen-bond donors (Lipinski definition) is 2. The summed E-state index contributed by atoms with van der Waals surface area (Å²) in [6.07, 6.45) is -0.679. The van der Waals surface area contributed by atoms with Crippen LogP contribution >= 0.6 is 11.6 Å². The van der Waals surface area contributed by atoms with Crippen LogP contribution in [0.1, 0.15) is 6.92 Å².